The van der Waals surface area contributed by atoms with Gasteiger partial charge in [-0.1, -0.05) is 35.3 Å². The molecular weight excluding hydrogens is 345 g/mol. The minimum absolute atomic E-state index is 0.137. The molecule has 1 aliphatic rings. The molecule has 1 aliphatic heterocycles. The Hall–Kier alpha value is -1.56. The lowest BCUT2D eigenvalue weighted by Gasteiger charge is -2.08. The maximum Gasteiger partial charge on any atom is 0.228 e. The lowest BCUT2D eigenvalue weighted by Crippen LogP contribution is -2.06. The summed E-state index contributed by atoms with van der Waals surface area (Å²) in [4.78, 5) is 11.5. The summed E-state index contributed by atoms with van der Waals surface area (Å²) in [5.41, 5.74) is 1.79. The maximum absolute atomic E-state index is 12.5. The van der Waals surface area contributed by atoms with E-state index in [0.29, 0.717) is 21.8 Å². The van der Waals surface area contributed by atoms with E-state index >= 15 is 0 Å². The average Bonchev–Trinajstić information content (AvgIpc) is 2.82. The lowest BCUT2D eigenvalue weighted by atomic mass is 10.2. The third kappa shape index (κ3) is 2.84. The molecule has 0 bridgehead atoms. The molecule has 0 unspecified atom stereocenters. The maximum atomic E-state index is 12.5. The van der Waals surface area contributed by atoms with Crippen molar-refractivity contribution in [2.24, 2.45) is 0 Å². The second kappa shape index (κ2) is 5.57. The van der Waals surface area contributed by atoms with E-state index in [1.165, 1.54) is 12.1 Å². The molecule has 0 radical (unpaired) electrons. The van der Waals surface area contributed by atoms with Crippen LogP contribution in [-0.2, 0) is 26.8 Å². The van der Waals surface area contributed by atoms with Gasteiger partial charge < -0.3 is 5.32 Å². The first kappa shape index (κ1) is 15.3. The van der Waals surface area contributed by atoms with E-state index in [9.17, 15) is 13.2 Å². The number of rotatable bonds is 3. The number of benzene rings is 2. The fraction of sp³-hybridized carbons (Fsp3) is 0.133. The van der Waals surface area contributed by atoms with Crippen molar-refractivity contribution in [2.75, 3.05) is 5.32 Å². The first-order valence-electron chi connectivity index (χ1n) is 6.45. The summed E-state index contributed by atoms with van der Waals surface area (Å²) in [5, 5.41) is 3.23. The van der Waals surface area contributed by atoms with Crippen molar-refractivity contribution in [1.82, 2.24) is 0 Å². The first-order valence-corrected chi connectivity index (χ1v) is 8.86. The number of anilines is 1. The third-order valence-electron chi connectivity index (χ3n) is 3.44. The van der Waals surface area contributed by atoms with Gasteiger partial charge in [0.1, 0.15) is 0 Å². The zero-order chi connectivity index (χ0) is 15.9. The van der Waals surface area contributed by atoms with Crippen LogP contribution < -0.4 is 5.32 Å². The van der Waals surface area contributed by atoms with E-state index < -0.39 is 9.84 Å². The summed E-state index contributed by atoms with van der Waals surface area (Å²) in [5.74, 6) is -0.380. The fourth-order valence-electron chi connectivity index (χ4n) is 2.35. The van der Waals surface area contributed by atoms with Crippen LogP contribution >= 0.6 is 23.2 Å². The van der Waals surface area contributed by atoms with Crippen LogP contribution in [0.25, 0.3) is 0 Å². The van der Waals surface area contributed by atoms with Crippen LogP contribution in [0.3, 0.4) is 0 Å². The van der Waals surface area contributed by atoms with Crippen molar-refractivity contribution in [3.8, 4) is 0 Å². The monoisotopic (exact) mass is 355 g/mol. The van der Waals surface area contributed by atoms with Gasteiger partial charge in [-0.2, -0.15) is 0 Å². The second-order valence-corrected chi connectivity index (χ2v) is 7.79. The van der Waals surface area contributed by atoms with Gasteiger partial charge in [-0.3, -0.25) is 4.79 Å². The van der Waals surface area contributed by atoms with Gasteiger partial charge >= 0.3 is 0 Å². The van der Waals surface area contributed by atoms with Gasteiger partial charge in [0.2, 0.25) is 5.91 Å². The SMILES string of the molecule is O=C1Cc2cc(S(=O)(=O)Cc3cccc(Cl)c3Cl)ccc2N1. The predicted molar refractivity (Wildman–Crippen MR) is 86.1 cm³/mol. The number of fused-ring (bicyclic) bond motifs is 1. The summed E-state index contributed by atoms with van der Waals surface area (Å²) in [6, 6.07) is 9.51. The van der Waals surface area contributed by atoms with Gasteiger partial charge in [-0.05, 0) is 35.4 Å². The van der Waals surface area contributed by atoms with Gasteiger partial charge in [-0.15, -0.1) is 0 Å². The predicted octanol–water partition coefficient (Wildman–Crippen LogP) is 3.46. The highest BCUT2D eigenvalue weighted by Crippen LogP contribution is 2.30. The number of carbonyl (C=O) groups is 1. The van der Waals surface area contributed by atoms with Crippen LogP contribution in [-0.4, -0.2) is 14.3 Å². The molecule has 0 saturated carbocycles. The van der Waals surface area contributed by atoms with Crippen LogP contribution in [0.4, 0.5) is 5.69 Å². The molecule has 0 atom stereocenters. The van der Waals surface area contributed by atoms with E-state index in [2.05, 4.69) is 5.32 Å². The molecule has 1 amide bonds. The molecular formula is C15H11Cl2NO3S. The van der Waals surface area contributed by atoms with Gasteiger partial charge in [-0.25, -0.2) is 8.42 Å². The Morgan fingerprint density at radius 2 is 1.91 bits per heavy atom. The molecule has 0 aliphatic carbocycles. The zero-order valence-corrected chi connectivity index (χ0v) is 13.6. The summed E-state index contributed by atoms with van der Waals surface area (Å²) >= 11 is 12.0. The normalized spacial score (nSPS) is 13.8. The van der Waals surface area contributed by atoms with Crippen molar-refractivity contribution in [3.05, 3.63) is 57.6 Å². The van der Waals surface area contributed by atoms with E-state index in [1.807, 2.05) is 0 Å². The molecule has 2 aromatic carbocycles. The van der Waals surface area contributed by atoms with Crippen molar-refractivity contribution in [2.45, 2.75) is 17.1 Å². The lowest BCUT2D eigenvalue weighted by molar-refractivity contribution is -0.115. The number of nitrogens with one attached hydrogen (secondary N) is 1. The topological polar surface area (TPSA) is 63.2 Å². The van der Waals surface area contributed by atoms with Crippen LogP contribution in [0, 0.1) is 0 Å². The summed E-state index contributed by atoms with van der Waals surface area (Å²) < 4.78 is 25.1. The van der Waals surface area contributed by atoms with Gasteiger partial charge in [0.05, 0.1) is 27.1 Å². The molecule has 22 heavy (non-hydrogen) atoms. The summed E-state index contributed by atoms with van der Waals surface area (Å²) in [7, 11) is -3.57. The Morgan fingerprint density at radius 1 is 1.14 bits per heavy atom. The summed E-state index contributed by atoms with van der Waals surface area (Å²) in [6.07, 6.45) is 0.191. The molecule has 1 heterocycles. The zero-order valence-electron chi connectivity index (χ0n) is 11.3. The van der Waals surface area contributed by atoms with Crippen LogP contribution in [0.2, 0.25) is 10.0 Å². The largest absolute Gasteiger partial charge is 0.326 e. The van der Waals surface area contributed by atoms with E-state index in [1.54, 1.807) is 24.3 Å². The molecule has 0 aromatic heterocycles. The number of hydrogen-bond donors (Lipinski definition) is 1. The highest BCUT2D eigenvalue weighted by atomic mass is 35.5. The van der Waals surface area contributed by atoms with Crippen LogP contribution in [0.15, 0.2) is 41.3 Å². The first-order chi connectivity index (χ1) is 10.4. The number of carbonyl (C=O) groups excluding carboxylic acids is 1. The average molecular weight is 356 g/mol. The van der Waals surface area contributed by atoms with Gasteiger partial charge in [0, 0.05) is 5.69 Å². The van der Waals surface area contributed by atoms with Crippen molar-refractivity contribution in [3.63, 3.8) is 0 Å². The minimum Gasteiger partial charge on any atom is -0.326 e. The summed E-state index contributed by atoms with van der Waals surface area (Å²) in [6.45, 7) is 0. The van der Waals surface area contributed by atoms with Crippen molar-refractivity contribution in [1.29, 1.82) is 0 Å². The van der Waals surface area contributed by atoms with E-state index in [4.69, 9.17) is 23.2 Å². The van der Waals surface area contributed by atoms with Gasteiger partial charge in [0.15, 0.2) is 9.84 Å². The minimum atomic E-state index is -3.57. The van der Waals surface area contributed by atoms with Crippen LogP contribution in [0.5, 0.6) is 0 Å². The molecule has 4 nitrogen and oxygen atoms in total. The molecule has 0 fully saturated rings. The number of sulfone groups is 1. The Labute approximate surface area is 138 Å². The molecule has 114 valence electrons. The smallest absolute Gasteiger partial charge is 0.228 e. The molecule has 7 heteroatoms. The highest BCUT2D eigenvalue weighted by molar-refractivity contribution is 7.90. The van der Waals surface area contributed by atoms with Crippen LogP contribution in [0.1, 0.15) is 11.1 Å². The third-order valence-corrected chi connectivity index (χ3v) is 5.96. The number of amides is 1. The molecule has 0 spiro atoms. The molecule has 1 N–H and O–H groups in total. The van der Waals surface area contributed by atoms with Crippen molar-refractivity contribution >= 4 is 44.6 Å². The Bertz CT molecular complexity index is 878. The van der Waals surface area contributed by atoms with Gasteiger partial charge in [0.25, 0.3) is 0 Å². The standard InChI is InChI=1S/C15H11Cl2NO3S/c16-12-3-1-2-9(15(12)17)8-22(20,21)11-4-5-13-10(6-11)7-14(19)18-13/h1-6H,7-8H2,(H,18,19). The Kier molecular flexibility index (Phi) is 3.89. The van der Waals surface area contributed by atoms with Crippen molar-refractivity contribution < 1.29 is 13.2 Å². The highest BCUT2D eigenvalue weighted by Gasteiger charge is 2.23. The molecule has 2 aromatic rings. The Morgan fingerprint density at radius 3 is 2.68 bits per heavy atom. The van der Waals surface area contributed by atoms with E-state index in [-0.39, 0.29) is 28.0 Å². The van der Waals surface area contributed by atoms with E-state index in [0.717, 1.165) is 0 Å². The number of halogens is 2. The second-order valence-electron chi connectivity index (χ2n) is 5.02. The Balaban J connectivity index is 1.96. The molecule has 3 rings (SSSR count). The number of hydrogen-bond acceptors (Lipinski definition) is 3. The molecule has 0 saturated heterocycles. The quantitative estimate of drug-likeness (QED) is 0.916. The fourth-order valence-corrected chi connectivity index (χ4v) is 4.23.